The maximum absolute atomic E-state index is 13.7. The van der Waals surface area contributed by atoms with Crippen molar-refractivity contribution < 1.29 is 14.3 Å². The normalized spacial score (nSPS) is 18.4. The number of methoxy groups -OCH3 is 1. The molecule has 0 aliphatic carbocycles. The van der Waals surface area contributed by atoms with Crippen LogP contribution in [-0.2, 0) is 9.59 Å². The van der Waals surface area contributed by atoms with Gasteiger partial charge in [-0.3, -0.25) is 9.59 Å². The van der Waals surface area contributed by atoms with Gasteiger partial charge in [-0.1, -0.05) is 30.0 Å². The Morgan fingerprint density at radius 2 is 1.94 bits per heavy atom. The number of carbonyl (C=O) groups is 2. The second-order valence-electron chi connectivity index (χ2n) is 8.96. The van der Waals surface area contributed by atoms with E-state index in [2.05, 4.69) is 26.7 Å². The third-order valence-electron chi connectivity index (χ3n) is 6.71. The van der Waals surface area contributed by atoms with Crippen molar-refractivity contribution in [3.8, 4) is 5.75 Å². The van der Waals surface area contributed by atoms with E-state index in [-0.39, 0.29) is 17.6 Å². The van der Waals surface area contributed by atoms with Crippen LogP contribution in [0.3, 0.4) is 0 Å². The third-order valence-corrected chi connectivity index (χ3v) is 7.57. The first-order chi connectivity index (χ1) is 16.5. The molecule has 8 nitrogen and oxygen atoms in total. The summed E-state index contributed by atoms with van der Waals surface area (Å²) in [5.41, 5.74) is 1.21. The fourth-order valence-electron chi connectivity index (χ4n) is 4.87. The smallest absolute Gasteiger partial charge is 0.248 e. The number of amides is 2. The molecule has 9 heteroatoms. The molecular formula is C25H33N5O3S. The first-order valence-electron chi connectivity index (χ1n) is 11.9. The molecule has 0 saturated carbocycles. The van der Waals surface area contributed by atoms with Gasteiger partial charge in [0.1, 0.15) is 11.3 Å². The maximum Gasteiger partial charge on any atom is 0.248 e. The summed E-state index contributed by atoms with van der Waals surface area (Å²) in [5, 5.41) is 6.99. The van der Waals surface area contributed by atoms with Gasteiger partial charge in [-0.2, -0.15) is 0 Å². The number of nitrogens with one attached hydrogen (secondary N) is 2. The summed E-state index contributed by atoms with van der Waals surface area (Å²) in [5.74, 6) is 1.34. The maximum atomic E-state index is 13.7. The number of ether oxygens (including phenoxy) is 1. The van der Waals surface area contributed by atoms with Crippen molar-refractivity contribution in [3.05, 3.63) is 47.8 Å². The van der Waals surface area contributed by atoms with Crippen LogP contribution >= 0.6 is 11.8 Å². The zero-order valence-corrected chi connectivity index (χ0v) is 20.7. The molecule has 0 bridgehead atoms. The highest BCUT2D eigenvalue weighted by Crippen LogP contribution is 2.35. The van der Waals surface area contributed by atoms with Crippen molar-refractivity contribution in [1.82, 2.24) is 25.5 Å². The van der Waals surface area contributed by atoms with Crippen molar-refractivity contribution >= 4 is 23.6 Å². The van der Waals surface area contributed by atoms with Crippen molar-refractivity contribution in [3.63, 3.8) is 0 Å². The second kappa shape index (κ2) is 11.2. The summed E-state index contributed by atoms with van der Waals surface area (Å²) < 4.78 is 5.54. The molecule has 2 aliphatic rings. The molecule has 3 heterocycles. The van der Waals surface area contributed by atoms with Crippen LogP contribution in [0, 0.1) is 6.92 Å². The minimum Gasteiger partial charge on any atom is -0.496 e. The van der Waals surface area contributed by atoms with E-state index in [9.17, 15) is 9.59 Å². The Morgan fingerprint density at radius 1 is 1.21 bits per heavy atom. The highest BCUT2D eigenvalue weighted by atomic mass is 32.2. The number of likely N-dealkylation sites (tertiary alicyclic amines) is 1. The van der Waals surface area contributed by atoms with E-state index in [1.807, 2.05) is 36.1 Å². The van der Waals surface area contributed by atoms with Gasteiger partial charge in [-0.05, 0) is 69.3 Å². The average Bonchev–Trinajstić information content (AvgIpc) is 2.88. The third kappa shape index (κ3) is 5.70. The molecule has 34 heavy (non-hydrogen) atoms. The topological polar surface area (TPSA) is 96.5 Å². The molecule has 2 aromatic rings. The summed E-state index contributed by atoms with van der Waals surface area (Å²) in [4.78, 5) is 37.1. The van der Waals surface area contributed by atoms with Gasteiger partial charge in [0.05, 0.1) is 12.9 Å². The van der Waals surface area contributed by atoms with Crippen molar-refractivity contribution in [2.75, 3.05) is 39.0 Å². The van der Waals surface area contributed by atoms with Gasteiger partial charge < -0.3 is 20.3 Å². The minimum absolute atomic E-state index is 0.0395. The summed E-state index contributed by atoms with van der Waals surface area (Å²) in [6.45, 7) is 4.66. The number of thioether (sulfide) groups is 1. The van der Waals surface area contributed by atoms with E-state index in [0.29, 0.717) is 50.1 Å². The lowest BCUT2D eigenvalue weighted by Gasteiger charge is -2.42. The number of piperidine rings is 2. The van der Waals surface area contributed by atoms with Crippen LogP contribution in [0.1, 0.15) is 42.9 Å². The van der Waals surface area contributed by atoms with E-state index < -0.39 is 5.54 Å². The number of carbonyl (C=O) groups excluding carboxylic acids is 2. The zero-order chi connectivity index (χ0) is 24.0. The van der Waals surface area contributed by atoms with Crippen molar-refractivity contribution in [1.29, 1.82) is 0 Å². The molecule has 0 atom stereocenters. The molecule has 2 fully saturated rings. The van der Waals surface area contributed by atoms with Crippen LogP contribution in [0.5, 0.6) is 5.75 Å². The van der Waals surface area contributed by atoms with Gasteiger partial charge in [0.25, 0.3) is 0 Å². The van der Waals surface area contributed by atoms with E-state index in [0.717, 1.165) is 24.3 Å². The van der Waals surface area contributed by atoms with Crippen LogP contribution in [0.25, 0.3) is 0 Å². The summed E-state index contributed by atoms with van der Waals surface area (Å²) in [6.07, 6.45) is 4.64. The minimum atomic E-state index is -0.854. The van der Waals surface area contributed by atoms with Gasteiger partial charge in [0.2, 0.25) is 11.8 Å². The number of hydrogen-bond donors (Lipinski definition) is 2. The molecule has 1 aromatic carbocycles. The molecule has 1 aromatic heterocycles. The molecule has 0 spiro atoms. The molecular weight excluding hydrogens is 450 g/mol. The van der Waals surface area contributed by atoms with Crippen LogP contribution in [-0.4, -0.2) is 71.3 Å². The van der Waals surface area contributed by atoms with Gasteiger partial charge in [0, 0.05) is 25.0 Å². The monoisotopic (exact) mass is 483 g/mol. The molecule has 2 aliphatic heterocycles. The fraction of sp³-hybridized carbons (Fsp3) is 0.520. The highest BCUT2D eigenvalue weighted by molar-refractivity contribution is 7.99. The second-order valence-corrected chi connectivity index (χ2v) is 9.90. The molecule has 4 rings (SSSR count). The largest absolute Gasteiger partial charge is 0.496 e. The number of para-hydroxylation sites is 1. The summed E-state index contributed by atoms with van der Waals surface area (Å²) in [6, 6.07) is 9.95. The fourth-order valence-corrected chi connectivity index (χ4v) is 5.55. The van der Waals surface area contributed by atoms with E-state index >= 15 is 0 Å². The molecule has 182 valence electrons. The lowest BCUT2D eigenvalue weighted by atomic mass is 9.84. The Bertz CT molecular complexity index is 1000. The number of nitrogens with zero attached hydrogens (tertiary/aromatic N) is 3. The van der Waals surface area contributed by atoms with E-state index in [1.165, 1.54) is 17.3 Å². The number of aromatic nitrogens is 2. The van der Waals surface area contributed by atoms with Crippen LogP contribution in [0.2, 0.25) is 0 Å². The van der Waals surface area contributed by atoms with Crippen LogP contribution < -0.4 is 15.4 Å². The van der Waals surface area contributed by atoms with Crippen molar-refractivity contribution in [2.24, 2.45) is 0 Å². The Kier molecular flexibility index (Phi) is 8.05. The molecule has 2 amide bonds. The number of benzene rings is 1. The van der Waals surface area contributed by atoms with Gasteiger partial charge in [-0.15, -0.1) is 0 Å². The van der Waals surface area contributed by atoms with Crippen molar-refractivity contribution in [2.45, 2.75) is 49.2 Å². The number of rotatable bonds is 7. The summed E-state index contributed by atoms with van der Waals surface area (Å²) in [7, 11) is 1.70. The van der Waals surface area contributed by atoms with E-state index in [4.69, 9.17) is 4.74 Å². The molecule has 0 radical (unpaired) electrons. The lowest BCUT2D eigenvalue weighted by Crippen LogP contribution is -2.64. The first-order valence-corrected chi connectivity index (χ1v) is 12.9. The Labute approximate surface area is 205 Å². The SMILES string of the molecule is COc1ccccc1C1CCN(C(=O)C2(NC(=O)CSc3nccc(C)n3)CCNCC2)CC1. The number of hydrogen-bond acceptors (Lipinski definition) is 7. The van der Waals surface area contributed by atoms with Gasteiger partial charge in [-0.25, -0.2) is 9.97 Å². The lowest BCUT2D eigenvalue weighted by molar-refractivity contribution is -0.143. The molecule has 2 N–H and O–H groups in total. The predicted molar refractivity (Wildman–Crippen MR) is 132 cm³/mol. The molecule has 0 unspecified atom stereocenters. The first kappa shape index (κ1) is 24.5. The van der Waals surface area contributed by atoms with E-state index in [1.54, 1.807) is 13.3 Å². The average molecular weight is 484 g/mol. The Hall–Kier alpha value is -2.65. The Balaban J connectivity index is 1.39. The summed E-state index contributed by atoms with van der Waals surface area (Å²) >= 11 is 1.29. The zero-order valence-electron chi connectivity index (χ0n) is 19.9. The van der Waals surface area contributed by atoms with Crippen LogP contribution in [0.15, 0.2) is 41.7 Å². The highest BCUT2D eigenvalue weighted by Gasteiger charge is 2.44. The Morgan fingerprint density at radius 3 is 2.65 bits per heavy atom. The predicted octanol–water partition coefficient (Wildman–Crippen LogP) is 2.53. The van der Waals surface area contributed by atoms with Gasteiger partial charge in [0.15, 0.2) is 5.16 Å². The molecule has 2 saturated heterocycles. The van der Waals surface area contributed by atoms with Crippen LogP contribution in [0.4, 0.5) is 0 Å². The number of aryl methyl sites for hydroxylation is 1. The standard InChI is InChI=1S/C25H33N5O3S/c1-18-7-12-27-24(28-18)34-17-22(31)29-25(10-13-26-14-11-25)23(32)30-15-8-19(9-16-30)20-5-3-4-6-21(20)33-2/h3-7,12,19,26H,8-11,13-17H2,1-2H3,(H,29,31). The quantitative estimate of drug-likeness (QED) is 0.461. The van der Waals surface area contributed by atoms with Gasteiger partial charge >= 0.3 is 0 Å².